The maximum absolute atomic E-state index is 9.42. The van der Waals surface area contributed by atoms with Crippen molar-refractivity contribution in [1.29, 1.82) is 0 Å². The van der Waals surface area contributed by atoms with Gasteiger partial charge < -0.3 is 19.3 Å². The zero-order chi connectivity index (χ0) is 21.4. The fourth-order valence-corrected chi connectivity index (χ4v) is 5.00. The average Bonchev–Trinajstić information content (AvgIpc) is 2.82. The first-order valence-corrected chi connectivity index (χ1v) is 10.8. The molecule has 0 fully saturated rings. The van der Waals surface area contributed by atoms with Crippen molar-refractivity contribution in [2.75, 3.05) is 33.7 Å². The molecule has 158 valence electrons. The van der Waals surface area contributed by atoms with Crippen LogP contribution in [-0.4, -0.2) is 38.8 Å². The summed E-state index contributed by atoms with van der Waals surface area (Å²) < 4.78 is 15.7. The molecule has 0 aromatic heterocycles. The molecule has 1 N–H and O–H groups in total. The van der Waals surface area contributed by atoms with Gasteiger partial charge >= 0.3 is 0 Å². The SMILES string of the molecule is COc1ccc(C(SCCCO)(c2ccc(OC)cc2)c2ccc(OC)cc2)cc1. The molecule has 30 heavy (non-hydrogen) atoms. The van der Waals surface area contributed by atoms with Crippen molar-refractivity contribution < 1.29 is 19.3 Å². The van der Waals surface area contributed by atoms with E-state index >= 15 is 0 Å². The van der Waals surface area contributed by atoms with E-state index in [1.54, 1.807) is 21.3 Å². The van der Waals surface area contributed by atoms with Crippen LogP contribution in [0.1, 0.15) is 23.1 Å². The lowest BCUT2D eigenvalue weighted by molar-refractivity contribution is 0.296. The van der Waals surface area contributed by atoms with Crippen LogP contribution >= 0.6 is 11.8 Å². The Bertz CT molecular complexity index is 790. The Hall–Kier alpha value is -2.63. The number of hydrogen-bond acceptors (Lipinski definition) is 5. The Kier molecular flexibility index (Phi) is 7.66. The number of thioether (sulfide) groups is 1. The van der Waals surface area contributed by atoms with Crippen LogP contribution in [0, 0.1) is 0 Å². The van der Waals surface area contributed by atoms with Crippen molar-refractivity contribution >= 4 is 11.8 Å². The number of rotatable bonds is 10. The summed E-state index contributed by atoms with van der Waals surface area (Å²) in [6.45, 7) is 0.164. The Labute approximate surface area is 182 Å². The summed E-state index contributed by atoms with van der Waals surface area (Å²) >= 11 is 1.81. The van der Waals surface area contributed by atoms with Crippen LogP contribution in [0.3, 0.4) is 0 Å². The fraction of sp³-hybridized carbons (Fsp3) is 0.280. The first-order chi connectivity index (χ1) is 14.7. The second-order valence-electron chi connectivity index (χ2n) is 6.79. The molecule has 5 heteroatoms. The van der Waals surface area contributed by atoms with E-state index in [0.717, 1.165) is 46.1 Å². The molecule has 0 amide bonds. The summed E-state index contributed by atoms with van der Waals surface area (Å²) in [5, 5.41) is 9.42. The molecule has 3 rings (SSSR count). The third-order valence-corrected chi connectivity index (χ3v) is 6.74. The van der Waals surface area contributed by atoms with Gasteiger partial charge in [0.2, 0.25) is 0 Å². The normalized spacial score (nSPS) is 11.2. The molecule has 0 saturated carbocycles. The van der Waals surface area contributed by atoms with Crippen molar-refractivity contribution in [3.05, 3.63) is 89.5 Å². The van der Waals surface area contributed by atoms with E-state index in [9.17, 15) is 5.11 Å². The van der Waals surface area contributed by atoms with Gasteiger partial charge in [0.25, 0.3) is 0 Å². The quantitative estimate of drug-likeness (QED) is 0.362. The highest BCUT2D eigenvalue weighted by Crippen LogP contribution is 2.49. The van der Waals surface area contributed by atoms with Gasteiger partial charge in [-0.1, -0.05) is 36.4 Å². The van der Waals surface area contributed by atoms with Crippen LogP contribution < -0.4 is 14.2 Å². The predicted octanol–water partition coefficient (Wildman–Crippen LogP) is 5.12. The van der Waals surface area contributed by atoms with Crippen LogP contribution in [0.5, 0.6) is 17.2 Å². The lowest BCUT2D eigenvalue weighted by Gasteiger charge is -2.36. The minimum absolute atomic E-state index is 0.164. The number of hydrogen-bond donors (Lipinski definition) is 1. The highest BCUT2D eigenvalue weighted by molar-refractivity contribution is 8.00. The number of aliphatic hydroxyl groups is 1. The summed E-state index contributed by atoms with van der Waals surface area (Å²) in [5.74, 6) is 3.26. The third-order valence-electron chi connectivity index (χ3n) is 5.11. The van der Waals surface area contributed by atoms with Gasteiger partial charge in [-0.05, 0) is 65.3 Å². The lowest BCUT2D eigenvalue weighted by Crippen LogP contribution is -2.26. The Morgan fingerprint density at radius 1 is 0.633 bits per heavy atom. The minimum atomic E-state index is -0.458. The average molecular weight is 425 g/mol. The summed E-state index contributed by atoms with van der Waals surface area (Å²) in [6, 6.07) is 24.6. The minimum Gasteiger partial charge on any atom is -0.497 e. The smallest absolute Gasteiger partial charge is 0.118 e. The first kappa shape index (κ1) is 22.1. The van der Waals surface area contributed by atoms with Crippen LogP contribution in [0.25, 0.3) is 0 Å². The summed E-state index contributed by atoms with van der Waals surface area (Å²) in [6.07, 6.45) is 0.717. The largest absolute Gasteiger partial charge is 0.497 e. The Morgan fingerprint density at radius 3 is 1.23 bits per heavy atom. The summed E-state index contributed by atoms with van der Waals surface area (Å²) in [7, 11) is 5.02. The molecule has 0 unspecified atom stereocenters. The number of methoxy groups -OCH3 is 3. The maximum atomic E-state index is 9.42. The molecular formula is C25H28O4S. The Morgan fingerprint density at radius 2 is 0.967 bits per heavy atom. The van der Waals surface area contributed by atoms with Crippen LogP contribution in [-0.2, 0) is 4.75 Å². The second kappa shape index (κ2) is 10.4. The van der Waals surface area contributed by atoms with Gasteiger partial charge in [-0.3, -0.25) is 0 Å². The predicted molar refractivity (Wildman–Crippen MR) is 123 cm³/mol. The monoisotopic (exact) mass is 424 g/mol. The molecular weight excluding hydrogens is 396 g/mol. The van der Waals surface area contributed by atoms with Crippen LogP contribution in [0.15, 0.2) is 72.8 Å². The highest BCUT2D eigenvalue weighted by Gasteiger charge is 2.37. The van der Waals surface area contributed by atoms with E-state index in [2.05, 4.69) is 36.4 Å². The third kappa shape index (κ3) is 4.58. The van der Waals surface area contributed by atoms with E-state index in [4.69, 9.17) is 14.2 Å². The molecule has 0 bridgehead atoms. The van der Waals surface area contributed by atoms with Crippen molar-refractivity contribution in [2.45, 2.75) is 11.2 Å². The lowest BCUT2D eigenvalue weighted by atomic mass is 9.84. The number of ether oxygens (including phenoxy) is 3. The number of benzene rings is 3. The van der Waals surface area contributed by atoms with Gasteiger partial charge in [0, 0.05) is 6.61 Å². The molecule has 0 aliphatic carbocycles. The molecule has 4 nitrogen and oxygen atoms in total. The van der Waals surface area contributed by atoms with E-state index in [1.807, 2.05) is 48.2 Å². The maximum Gasteiger partial charge on any atom is 0.118 e. The molecule has 0 atom stereocenters. The highest BCUT2D eigenvalue weighted by atomic mass is 32.2. The first-order valence-electron chi connectivity index (χ1n) is 9.86. The Balaban J connectivity index is 2.21. The van der Waals surface area contributed by atoms with Gasteiger partial charge in [0.05, 0.1) is 26.1 Å². The zero-order valence-corrected chi connectivity index (χ0v) is 18.4. The topological polar surface area (TPSA) is 47.9 Å². The standard InChI is InChI=1S/C25H28O4S/c1-27-22-11-5-19(6-12-22)25(30-18-4-17-26,20-7-13-23(28-2)14-8-20)21-9-15-24(29-3)16-10-21/h5-16,26H,4,17-18H2,1-3H3. The van der Waals surface area contributed by atoms with Gasteiger partial charge in [0.15, 0.2) is 0 Å². The zero-order valence-electron chi connectivity index (χ0n) is 17.6. The molecule has 0 radical (unpaired) electrons. The van der Waals surface area contributed by atoms with Crippen molar-refractivity contribution in [3.8, 4) is 17.2 Å². The van der Waals surface area contributed by atoms with E-state index in [-0.39, 0.29) is 6.61 Å². The van der Waals surface area contributed by atoms with E-state index < -0.39 is 4.75 Å². The number of aliphatic hydroxyl groups excluding tert-OH is 1. The van der Waals surface area contributed by atoms with Gasteiger partial charge in [0.1, 0.15) is 17.2 Å². The second-order valence-corrected chi connectivity index (χ2v) is 8.10. The van der Waals surface area contributed by atoms with Gasteiger partial charge in [-0.15, -0.1) is 11.8 Å². The van der Waals surface area contributed by atoms with Gasteiger partial charge in [-0.2, -0.15) is 0 Å². The molecule has 0 aliphatic rings. The van der Waals surface area contributed by atoms with Crippen molar-refractivity contribution in [2.24, 2.45) is 0 Å². The van der Waals surface area contributed by atoms with Crippen molar-refractivity contribution in [1.82, 2.24) is 0 Å². The molecule has 0 heterocycles. The van der Waals surface area contributed by atoms with Crippen LogP contribution in [0.4, 0.5) is 0 Å². The van der Waals surface area contributed by atoms with Crippen molar-refractivity contribution in [3.63, 3.8) is 0 Å². The molecule has 0 saturated heterocycles. The molecule has 0 aliphatic heterocycles. The van der Waals surface area contributed by atoms with Gasteiger partial charge in [-0.25, -0.2) is 0 Å². The van der Waals surface area contributed by atoms with E-state index in [0.29, 0.717) is 0 Å². The van der Waals surface area contributed by atoms with Crippen LogP contribution in [0.2, 0.25) is 0 Å². The molecule has 3 aromatic rings. The molecule has 3 aromatic carbocycles. The summed E-state index contributed by atoms with van der Waals surface area (Å²) in [5.41, 5.74) is 3.42. The molecule has 0 spiro atoms. The van der Waals surface area contributed by atoms with E-state index in [1.165, 1.54) is 0 Å². The fourth-order valence-electron chi connectivity index (χ4n) is 3.52. The summed E-state index contributed by atoms with van der Waals surface area (Å²) in [4.78, 5) is 0.